The van der Waals surface area contributed by atoms with Gasteiger partial charge in [0, 0.05) is 5.56 Å². The van der Waals surface area contributed by atoms with E-state index in [0.29, 0.717) is 44.7 Å². The zero-order valence-electron chi connectivity index (χ0n) is 16.7. The van der Waals surface area contributed by atoms with E-state index in [1.807, 2.05) is 54.6 Å². The molecule has 3 aromatic carbocycles. The van der Waals surface area contributed by atoms with E-state index in [9.17, 15) is 9.90 Å². The van der Waals surface area contributed by atoms with Crippen LogP contribution in [0.5, 0.6) is 0 Å². The predicted octanol–water partition coefficient (Wildman–Crippen LogP) is 5.09. The van der Waals surface area contributed by atoms with Gasteiger partial charge in [-0.3, -0.25) is 4.79 Å². The molecular formula is C25H19ClN2O3. The minimum Gasteiger partial charge on any atom is -0.441 e. The van der Waals surface area contributed by atoms with E-state index in [0.717, 1.165) is 0 Å². The lowest BCUT2D eigenvalue weighted by Gasteiger charge is -2.23. The van der Waals surface area contributed by atoms with E-state index in [2.05, 4.69) is 4.98 Å². The van der Waals surface area contributed by atoms with Crippen LogP contribution in [0.15, 0.2) is 83.3 Å². The Morgan fingerprint density at radius 3 is 2.45 bits per heavy atom. The number of aryl methyl sites for hydroxylation is 1. The molecule has 1 aliphatic rings. The van der Waals surface area contributed by atoms with Crippen LogP contribution in [0.3, 0.4) is 0 Å². The number of aromatic nitrogens is 1. The molecule has 1 atom stereocenters. The Kier molecular flexibility index (Phi) is 4.65. The van der Waals surface area contributed by atoms with Gasteiger partial charge < -0.3 is 14.4 Å². The summed E-state index contributed by atoms with van der Waals surface area (Å²) in [7, 11) is 0. The molecule has 4 aromatic rings. The second-order valence-corrected chi connectivity index (χ2v) is 7.89. The average molecular weight is 431 g/mol. The van der Waals surface area contributed by atoms with Crippen molar-refractivity contribution in [2.75, 3.05) is 4.90 Å². The fraction of sp³-hybridized carbons (Fsp3) is 0.120. The summed E-state index contributed by atoms with van der Waals surface area (Å²) in [5, 5.41) is 12.1. The Morgan fingerprint density at radius 1 is 1.00 bits per heavy atom. The van der Waals surface area contributed by atoms with Crippen molar-refractivity contribution in [3.8, 4) is 11.5 Å². The minimum atomic E-state index is -1.75. The summed E-state index contributed by atoms with van der Waals surface area (Å²) in [5.41, 5.74) is 1.28. The molecule has 0 fully saturated rings. The first-order valence-corrected chi connectivity index (χ1v) is 10.3. The Morgan fingerprint density at radius 2 is 1.68 bits per heavy atom. The maximum atomic E-state index is 13.5. The monoisotopic (exact) mass is 430 g/mol. The SMILES string of the molecule is Cc1oc(-c2ccccc2Cl)nc1CN1C(=O)C(O)(c2ccccc2)c2ccccc21. The van der Waals surface area contributed by atoms with Gasteiger partial charge in [0.2, 0.25) is 5.89 Å². The van der Waals surface area contributed by atoms with Crippen LogP contribution in [0, 0.1) is 6.92 Å². The lowest BCUT2D eigenvalue weighted by Crippen LogP contribution is -2.41. The molecule has 1 amide bonds. The van der Waals surface area contributed by atoms with Crippen LogP contribution in [0.2, 0.25) is 5.02 Å². The molecule has 1 aliphatic heterocycles. The highest BCUT2D eigenvalue weighted by atomic mass is 35.5. The molecule has 6 heteroatoms. The molecule has 2 heterocycles. The predicted molar refractivity (Wildman–Crippen MR) is 119 cm³/mol. The number of anilines is 1. The van der Waals surface area contributed by atoms with Gasteiger partial charge in [0.25, 0.3) is 5.91 Å². The number of hydrogen-bond donors (Lipinski definition) is 1. The van der Waals surface area contributed by atoms with Gasteiger partial charge in [-0.05, 0) is 30.7 Å². The number of hydrogen-bond acceptors (Lipinski definition) is 4. The molecule has 154 valence electrons. The van der Waals surface area contributed by atoms with Crippen molar-refractivity contribution in [3.63, 3.8) is 0 Å². The van der Waals surface area contributed by atoms with Gasteiger partial charge in [-0.25, -0.2) is 4.98 Å². The number of para-hydroxylation sites is 1. The summed E-state index contributed by atoms with van der Waals surface area (Å²) in [4.78, 5) is 19.7. The molecule has 31 heavy (non-hydrogen) atoms. The van der Waals surface area contributed by atoms with Gasteiger partial charge in [-0.2, -0.15) is 0 Å². The summed E-state index contributed by atoms with van der Waals surface area (Å²) in [6.07, 6.45) is 0. The van der Waals surface area contributed by atoms with E-state index in [1.54, 1.807) is 36.1 Å². The topological polar surface area (TPSA) is 66.6 Å². The van der Waals surface area contributed by atoms with E-state index in [1.165, 1.54) is 0 Å². The largest absolute Gasteiger partial charge is 0.441 e. The summed E-state index contributed by atoms with van der Waals surface area (Å²) in [6.45, 7) is 1.98. The van der Waals surface area contributed by atoms with Gasteiger partial charge in [0.05, 0.1) is 22.8 Å². The number of halogens is 1. The summed E-state index contributed by atoms with van der Waals surface area (Å²) in [6, 6.07) is 23.6. The van der Waals surface area contributed by atoms with Gasteiger partial charge in [0.15, 0.2) is 5.60 Å². The summed E-state index contributed by atoms with van der Waals surface area (Å²) >= 11 is 6.29. The fourth-order valence-corrected chi connectivity index (χ4v) is 4.24. The van der Waals surface area contributed by atoms with Crippen molar-refractivity contribution in [1.82, 2.24) is 4.98 Å². The number of benzene rings is 3. The first kappa shape index (κ1) is 19.5. The average Bonchev–Trinajstić information content (AvgIpc) is 3.26. The highest BCUT2D eigenvalue weighted by Gasteiger charge is 2.51. The molecule has 5 nitrogen and oxygen atoms in total. The van der Waals surface area contributed by atoms with Crippen molar-refractivity contribution >= 4 is 23.2 Å². The molecule has 1 unspecified atom stereocenters. The number of carbonyl (C=O) groups excluding carboxylic acids is 1. The Hall–Kier alpha value is -3.41. The molecule has 0 saturated heterocycles. The number of aliphatic hydroxyl groups is 1. The first-order valence-electron chi connectivity index (χ1n) is 9.90. The number of carbonyl (C=O) groups is 1. The van der Waals surface area contributed by atoms with Gasteiger partial charge in [-0.1, -0.05) is 72.3 Å². The maximum absolute atomic E-state index is 13.5. The zero-order valence-corrected chi connectivity index (χ0v) is 17.5. The molecule has 5 rings (SSSR count). The highest BCUT2D eigenvalue weighted by molar-refractivity contribution is 6.33. The van der Waals surface area contributed by atoms with Crippen LogP contribution >= 0.6 is 11.6 Å². The van der Waals surface area contributed by atoms with Crippen LogP contribution in [0.4, 0.5) is 5.69 Å². The van der Waals surface area contributed by atoms with Crippen molar-refractivity contribution < 1.29 is 14.3 Å². The number of fused-ring (bicyclic) bond motifs is 1. The second kappa shape index (κ2) is 7.38. The van der Waals surface area contributed by atoms with Gasteiger partial charge in [0.1, 0.15) is 11.5 Å². The van der Waals surface area contributed by atoms with Crippen LogP contribution in [0.25, 0.3) is 11.5 Å². The Bertz CT molecular complexity index is 1280. The number of nitrogens with zero attached hydrogens (tertiary/aromatic N) is 2. The van der Waals surface area contributed by atoms with E-state index in [4.69, 9.17) is 16.0 Å². The molecule has 0 saturated carbocycles. The highest BCUT2D eigenvalue weighted by Crippen LogP contribution is 2.45. The van der Waals surface area contributed by atoms with Crippen LogP contribution in [-0.4, -0.2) is 16.0 Å². The molecule has 1 aromatic heterocycles. The smallest absolute Gasteiger partial charge is 0.268 e. The lowest BCUT2D eigenvalue weighted by molar-refractivity contribution is -0.132. The van der Waals surface area contributed by atoms with Crippen molar-refractivity contribution in [3.05, 3.63) is 106 Å². The van der Waals surface area contributed by atoms with Crippen LogP contribution in [0.1, 0.15) is 22.6 Å². The normalized spacial score (nSPS) is 17.8. The number of amides is 1. The lowest BCUT2D eigenvalue weighted by atomic mass is 9.88. The van der Waals surface area contributed by atoms with E-state index < -0.39 is 11.5 Å². The number of rotatable bonds is 4. The third-order valence-corrected chi connectivity index (χ3v) is 5.97. The van der Waals surface area contributed by atoms with Crippen molar-refractivity contribution in [2.24, 2.45) is 0 Å². The fourth-order valence-electron chi connectivity index (χ4n) is 4.02. The maximum Gasteiger partial charge on any atom is 0.268 e. The third-order valence-electron chi connectivity index (χ3n) is 5.64. The number of oxazole rings is 1. The molecular weight excluding hydrogens is 412 g/mol. The van der Waals surface area contributed by atoms with Crippen LogP contribution in [-0.2, 0) is 16.9 Å². The van der Waals surface area contributed by atoms with E-state index >= 15 is 0 Å². The minimum absolute atomic E-state index is 0.171. The third kappa shape index (κ3) is 3.05. The second-order valence-electron chi connectivity index (χ2n) is 7.49. The molecule has 1 N–H and O–H groups in total. The molecule has 0 bridgehead atoms. The standard InChI is InChI=1S/C25H19ClN2O3/c1-16-21(27-23(31-16)18-11-5-7-13-20(18)26)15-28-22-14-8-6-12-19(22)25(30,24(28)29)17-9-3-2-4-10-17/h2-14,30H,15H2,1H3. The van der Waals surface area contributed by atoms with Crippen molar-refractivity contribution in [2.45, 2.75) is 19.1 Å². The Labute approximate surface area is 184 Å². The first-order chi connectivity index (χ1) is 15.0. The zero-order chi connectivity index (χ0) is 21.6. The van der Waals surface area contributed by atoms with Gasteiger partial charge >= 0.3 is 0 Å². The van der Waals surface area contributed by atoms with E-state index in [-0.39, 0.29) is 6.54 Å². The molecule has 0 radical (unpaired) electrons. The quantitative estimate of drug-likeness (QED) is 0.490. The Balaban J connectivity index is 1.55. The molecule has 0 aliphatic carbocycles. The summed E-state index contributed by atoms with van der Waals surface area (Å²) < 4.78 is 5.86. The summed E-state index contributed by atoms with van der Waals surface area (Å²) in [5.74, 6) is 0.577. The van der Waals surface area contributed by atoms with Crippen LogP contribution < -0.4 is 4.90 Å². The molecule has 0 spiro atoms. The van der Waals surface area contributed by atoms with Gasteiger partial charge in [-0.15, -0.1) is 0 Å². The van der Waals surface area contributed by atoms with Crippen molar-refractivity contribution in [1.29, 1.82) is 0 Å².